The first kappa shape index (κ1) is 10.2. The molecule has 0 radical (unpaired) electrons. The molecule has 0 unspecified atom stereocenters. The van der Waals surface area contributed by atoms with Gasteiger partial charge in [0, 0.05) is 5.41 Å². The van der Waals surface area contributed by atoms with E-state index in [0.29, 0.717) is 0 Å². The van der Waals surface area contributed by atoms with Crippen LogP contribution in [0.3, 0.4) is 0 Å². The molecule has 0 saturated heterocycles. The highest BCUT2D eigenvalue weighted by molar-refractivity contribution is 5.25. The van der Waals surface area contributed by atoms with Crippen LogP contribution >= 0.6 is 0 Å². The summed E-state index contributed by atoms with van der Waals surface area (Å²) in [5.74, 6) is 0. The lowest BCUT2D eigenvalue weighted by Crippen LogP contribution is -2.24. The van der Waals surface area contributed by atoms with Gasteiger partial charge in [-0.25, -0.2) is 0 Å². The summed E-state index contributed by atoms with van der Waals surface area (Å²) in [6.07, 6.45) is 10.4. The molecule has 0 saturated carbocycles. The molecule has 15 heavy (non-hydrogen) atoms. The number of hydrogen-bond donors (Lipinski definition) is 1. The Morgan fingerprint density at radius 3 is 2.33 bits per heavy atom. The van der Waals surface area contributed by atoms with E-state index < -0.39 is 0 Å². The van der Waals surface area contributed by atoms with Crippen molar-refractivity contribution in [1.82, 2.24) is 0 Å². The highest BCUT2D eigenvalue weighted by atomic mass is 16.3. The first-order chi connectivity index (χ1) is 7.35. The second kappa shape index (κ2) is 4.45. The maximum absolute atomic E-state index is 9.50. The second-order valence-electron chi connectivity index (χ2n) is 4.09. The summed E-state index contributed by atoms with van der Waals surface area (Å²) in [4.78, 5) is 0. The van der Waals surface area contributed by atoms with E-state index in [1.54, 1.807) is 0 Å². The zero-order valence-corrected chi connectivity index (χ0v) is 8.76. The number of aliphatic hydroxyl groups is 1. The first-order valence-corrected chi connectivity index (χ1v) is 5.35. The number of hydrogen-bond acceptors (Lipinski definition) is 1. The fraction of sp³-hybridized carbons (Fsp3) is 0.286. The molecule has 2 rings (SSSR count). The molecule has 1 N–H and O–H groups in total. The van der Waals surface area contributed by atoms with Gasteiger partial charge >= 0.3 is 0 Å². The van der Waals surface area contributed by atoms with Gasteiger partial charge in [-0.2, -0.15) is 0 Å². The number of rotatable bonds is 3. The first-order valence-electron chi connectivity index (χ1n) is 5.35. The van der Waals surface area contributed by atoms with Crippen molar-refractivity contribution in [1.29, 1.82) is 0 Å². The van der Waals surface area contributed by atoms with E-state index in [1.807, 2.05) is 18.2 Å². The van der Waals surface area contributed by atoms with E-state index in [-0.39, 0.29) is 12.0 Å². The Morgan fingerprint density at radius 2 is 1.73 bits per heavy atom. The van der Waals surface area contributed by atoms with Gasteiger partial charge in [-0.3, -0.25) is 0 Å². The van der Waals surface area contributed by atoms with Gasteiger partial charge in [-0.15, -0.1) is 0 Å². The third-order valence-electron chi connectivity index (χ3n) is 2.84. The Balaban J connectivity index is 2.18. The molecule has 0 bridgehead atoms. The normalized spacial score (nSPS) is 17.9. The van der Waals surface area contributed by atoms with Crippen molar-refractivity contribution >= 4 is 0 Å². The number of benzene rings is 1. The van der Waals surface area contributed by atoms with Crippen molar-refractivity contribution < 1.29 is 5.11 Å². The van der Waals surface area contributed by atoms with E-state index in [2.05, 4.69) is 36.4 Å². The van der Waals surface area contributed by atoms with Gasteiger partial charge in [0.2, 0.25) is 0 Å². The van der Waals surface area contributed by atoms with Gasteiger partial charge in [-0.05, 0) is 18.4 Å². The lowest BCUT2D eigenvalue weighted by molar-refractivity contribution is 0.204. The van der Waals surface area contributed by atoms with E-state index >= 15 is 0 Å². The monoisotopic (exact) mass is 200 g/mol. The Morgan fingerprint density at radius 1 is 1.07 bits per heavy atom. The molecule has 0 aliphatic heterocycles. The highest BCUT2D eigenvalue weighted by Crippen LogP contribution is 2.29. The summed E-state index contributed by atoms with van der Waals surface area (Å²) < 4.78 is 0. The molecule has 0 amide bonds. The Labute approximate surface area is 90.8 Å². The third kappa shape index (κ3) is 2.37. The molecule has 1 aliphatic carbocycles. The van der Waals surface area contributed by atoms with Gasteiger partial charge in [-0.1, -0.05) is 54.6 Å². The summed E-state index contributed by atoms with van der Waals surface area (Å²) in [7, 11) is 0. The lowest BCUT2D eigenvalue weighted by atomic mass is 9.79. The molecule has 78 valence electrons. The Kier molecular flexibility index (Phi) is 3.02. The topological polar surface area (TPSA) is 20.2 Å². The average Bonchev–Trinajstić information content (AvgIpc) is 2.32. The molecule has 1 heteroatoms. The minimum absolute atomic E-state index is 0.175. The third-order valence-corrected chi connectivity index (χ3v) is 2.84. The minimum Gasteiger partial charge on any atom is -0.395 e. The van der Waals surface area contributed by atoms with Gasteiger partial charge in [0.05, 0.1) is 6.61 Å². The largest absolute Gasteiger partial charge is 0.395 e. The van der Waals surface area contributed by atoms with Crippen LogP contribution in [-0.2, 0) is 6.42 Å². The summed E-state index contributed by atoms with van der Waals surface area (Å²) in [6.45, 7) is 0.175. The smallest absolute Gasteiger partial charge is 0.0560 e. The molecule has 1 aromatic rings. The second-order valence-corrected chi connectivity index (χ2v) is 4.09. The Bertz CT molecular complexity index is 350. The lowest BCUT2D eigenvalue weighted by Gasteiger charge is -2.27. The number of allylic oxidation sites excluding steroid dienone is 2. The maximum Gasteiger partial charge on any atom is 0.0560 e. The van der Waals surface area contributed by atoms with Crippen molar-refractivity contribution in [3.05, 3.63) is 60.2 Å². The quantitative estimate of drug-likeness (QED) is 0.744. The highest BCUT2D eigenvalue weighted by Gasteiger charge is 2.24. The zero-order chi connectivity index (χ0) is 10.6. The molecule has 1 aromatic carbocycles. The van der Waals surface area contributed by atoms with Crippen LogP contribution in [0.4, 0.5) is 0 Å². The van der Waals surface area contributed by atoms with E-state index in [4.69, 9.17) is 0 Å². The summed E-state index contributed by atoms with van der Waals surface area (Å²) in [6, 6.07) is 10.3. The standard InChI is InChI=1S/C14H16O/c15-12-14(9-5-2-6-10-14)11-13-7-3-1-4-8-13/h1,3-10,15H,2,11-12H2. The van der Waals surface area contributed by atoms with Crippen molar-refractivity contribution in [3.63, 3.8) is 0 Å². The average molecular weight is 200 g/mol. The van der Waals surface area contributed by atoms with E-state index in [9.17, 15) is 5.11 Å². The molecule has 0 heterocycles. The van der Waals surface area contributed by atoms with Crippen LogP contribution in [0.25, 0.3) is 0 Å². The molecular weight excluding hydrogens is 184 g/mol. The molecule has 1 nitrogen and oxygen atoms in total. The molecule has 0 aromatic heterocycles. The number of aliphatic hydroxyl groups excluding tert-OH is 1. The van der Waals surface area contributed by atoms with E-state index in [1.165, 1.54) is 5.56 Å². The summed E-state index contributed by atoms with van der Waals surface area (Å²) in [5.41, 5.74) is 1.09. The molecule has 0 fully saturated rings. The molecule has 1 aliphatic rings. The predicted molar refractivity (Wildman–Crippen MR) is 62.6 cm³/mol. The minimum atomic E-state index is -0.181. The zero-order valence-electron chi connectivity index (χ0n) is 8.76. The van der Waals surface area contributed by atoms with Crippen molar-refractivity contribution in [2.75, 3.05) is 6.61 Å². The van der Waals surface area contributed by atoms with Crippen LogP contribution in [0.2, 0.25) is 0 Å². The van der Waals surface area contributed by atoms with Crippen LogP contribution in [0.15, 0.2) is 54.6 Å². The van der Waals surface area contributed by atoms with Crippen LogP contribution in [0.1, 0.15) is 12.0 Å². The van der Waals surface area contributed by atoms with Gasteiger partial charge in [0.1, 0.15) is 0 Å². The van der Waals surface area contributed by atoms with Crippen molar-refractivity contribution in [2.24, 2.45) is 5.41 Å². The summed E-state index contributed by atoms with van der Waals surface area (Å²) >= 11 is 0. The van der Waals surface area contributed by atoms with Gasteiger partial charge < -0.3 is 5.11 Å². The SMILES string of the molecule is OCC1(Cc2ccccc2)C=CCC=C1. The van der Waals surface area contributed by atoms with Gasteiger partial charge in [0.25, 0.3) is 0 Å². The molecular formula is C14H16O. The molecule has 0 spiro atoms. The predicted octanol–water partition coefficient (Wildman–Crippen LogP) is 2.72. The Hall–Kier alpha value is -1.34. The van der Waals surface area contributed by atoms with Crippen LogP contribution in [0.5, 0.6) is 0 Å². The van der Waals surface area contributed by atoms with Crippen molar-refractivity contribution in [3.8, 4) is 0 Å². The van der Waals surface area contributed by atoms with Crippen LogP contribution in [-0.4, -0.2) is 11.7 Å². The van der Waals surface area contributed by atoms with Crippen LogP contribution < -0.4 is 0 Å². The molecule has 0 atom stereocenters. The summed E-state index contributed by atoms with van der Waals surface area (Å²) in [5, 5.41) is 9.50. The van der Waals surface area contributed by atoms with Gasteiger partial charge in [0.15, 0.2) is 0 Å². The van der Waals surface area contributed by atoms with Crippen LogP contribution in [0, 0.1) is 5.41 Å². The fourth-order valence-electron chi connectivity index (χ4n) is 1.99. The maximum atomic E-state index is 9.50. The van der Waals surface area contributed by atoms with E-state index in [0.717, 1.165) is 12.8 Å². The fourth-order valence-corrected chi connectivity index (χ4v) is 1.99. The van der Waals surface area contributed by atoms with Crippen molar-refractivity contribution in [2.45, 2.75) is 12.8 Å².